The predicted molar refractivity (Wildman–Crippen MR) is 79.1 cm³/mol. The largest absolute Gasteiger partial charge is 0.356 e. The summed E-state index contributed by atoms with van der Waals surface area (Å²) in [6.45, 7) is 4.01. The first-order valence-electron chi connectivity index (χ1n) is 6.59. The molecule has 20 heavy (non-hydrogen) atoms. The first-order chi connectivity index (χ1) is 9.65. The zero-order valence-electron chi connectivity index (χ0n) is 11.4. The summed E-state index contributed by atoms with van der Waals surface area (Å²) in [5.74, 6) is 0.0507. The van der Waals surface area contributed by atoms with Gasteiger partial charge in [-0.3, -0.25) is 14.2 Å². The Balaban J connectivity index is 1.60. The van der Waals surface area contributed by atoms with E-state index in [4.69, 9.17) is 0 Å². The Hall–Kier alpha value is -1.63. The normalized spacial score (nSPS) is 10.7. The second-order valence-electron chi connectivity index (χ2n) is 4.55. The fourth-order valence-electron chi connectivity index (χ4n) is 1.81. The van der Waals surface area contributed by atoms with E-state index >= 15 is 0 Å². The van der Waals surface area contributed by atoms with Crippen LogP contribution >= 0.6 is 15.9 Å². The molecule has 0 bridgehead atoms. The Morgan fingerprint density at radius 3 is 2.90 bits per heavy atom. The van der Waals surface area contributed by atoms with Crippen molar-refractivity contribution in [1.29, 1.82) is 0 Å². The molecule has 0 saturated heterocycles. The van der Waals surface area contributed by atoms with Gasteiger partial charge in [0, 0.05) is 44.6 Å². The minimum atomic E-state index is 0.0507. The standard InChI is InChI=1S/C13H18BrN5O/c1-11-12(14)10-19(17-11)9-4-13(20)15-5-2-7-18-8-3-6-16-18/h3,6,8,10H,2,4-5,7,9H2,1H3,(H,15,20). The number of rotatable bonds is 7. The topological polar surface area (TPSA) is 64.7 Å². The van der Waals surface area contributed by atoms with E-state index in [-0.39, 0.29) is 5.91 Å². The molecule has 0 fully saturated rings. The van der Waals surface area contributed by atoms with Crippen molar-refractivity contribution >= 4 is 21.8 Å². The summed E-state index contributed by atoms with van der Waals surface area (Å²) in [5.41, 5.74) is 0.935. The molecule has 0 saturated carbocycles. The molecule has 1 amide bonds. The fraction of sp³-hybridized carbons (Fsp3) is 0.462. The number of hydrogen-bond acceptors (Lipinski definition) is 3. The molecule has 0 radical (unpaired) electrons. The van der Waals surface area contributed by atoms with Crippen molar-refractivity contribution in [1.82, 2.24) is 24.9 Å². The van der Waals surface area contributed by atoms with E-state index < -0.39 is 0 Å². The molecular weight excluding hydrogens is 322 g/mol. The van der Waals surface area contributed by atoms with Crippen molar-refractivity contribution in [2.45, 2.75) is 32.9 Å². The third-order valence-electron chi connectivity index (χ3n) is 2.90. The third-order valence-corrected chi connectivity index (χ3v) is 3.68. The maximum absolute atomic E-state index is 11.7. The van der Waals surface area contributed by atoms with Gasteiger partial charge in [0.2, 0.25) is 5.91 Å². The van der Waals surface area contributed by atoms with Crippen LogP contribution in [0.1, 0.15) is 18.5 Å². The summed E-state index contributed by atoms with van der Waals surface area (Å²) in [5, 5.41) is 11.3. The number of aryl methyl sites for hydroxylation is 3. The van der Waals surface area contributed by atoms with E-state index in [1.165, 1.54) is 0 Å². The number of nitrogens with one attached hydrogen (secondary N) is 1. The quantitative estimate of drug-likeness (QED) is 0.781. The van der Waals surface area contributed by atoms with E-state index in [1.807, 2.05) is 30.1 Å². The van der Waals surface area contributed by atoms with Gasteiger partial charge in [-0.25, -0.2) is 0 Å². The van der Waals surface area contributed by atoms with E-state index in [0.29, 0.717) is 19.5 Å². The fourth-order valence-corrected chi connectivity index (χ4v) is 2.13. The molecule has 2 aromatic heterocycles. The van der Waals surface area contributed by atoms with Crippen LogP contribution in [0.25, 0.3) is 0 Å². The van der Waals surface area contributed by atoms with Gasteiger partial charge in [-0.1, -0.05) is 0 Å². The number of carbonyl (C=O) groups excluding carboxylic acids is 1. The molecule has 2 heterocycles. The van der Waals surface area contributed by atoms with Crippen molar-refractivity contribution in [2.24, 2.45) is 0 Å². The first kappa shape index (κ1) is 14.8. The van der Waals surface area contributed by atoms with Crippen molar-refractivity contribution in [3.05, 3.63) is 34.8 Å². The Morgan fingerprint density at radius 1 is 1.40 bits per heavy atom. The SMILES string of the molecule is Cc1nn(CCC(=O)NCCCn2cccn2)cc1Br. The van der Waals surface area contributed by atoms with Crippen LogP contribution in [0.2, 0.25) is 0 Å². The highest BCUT2D eigenvalue weighted by atomic mass is 79.9. The monoisotopic (exact) mass is 339 g/mol. The molecule has 0 aliphatic carbocycles. The molecule has 2 rings (SSSR count). The van der Waals surface area contributed by atoms with Gasteiger partial charge in [0.15, 0.2) is 0 Å². The van der Waals surface area contributed by atoms with Gasteiger partial charge in [-0.05, 0) is 35.3 Å². The zero-order valence-corrected chi connectivity index (χ0v) is 13.0. The molecule has 6 nitrogen and oxygen atoms in total. The molecule has 0 spiro atoms. The van der Waals surface area contributed by atoms with Crippen LogP contribution in [0.3, 0.4) is 0 Å². The number of halogens is 1. The highest BCUT2D eigenvalue weighted by molar-refractivity contribution is 9.10. The van der Waals surface area contributed by atoms with Crippen LogP contribution in [0, 0.1) is 6.92 Å². The molecule has 0 aromatic carbocycles. The van der Waals surface area contributed by atoms with Crippen LogP contribution < -0.4 is 5.32 Å². The van der Waals surface area contributed by atoms with E-state index in [2.05, 4.69) is 31.4 Å². The van der Waals surface area contributed by atoms with Gasteiger partial charge in [0.05, 0.1) is 10.2 Å². The average molecular weight is 340 g/mol. The smallest absolute Gasteiger partial charge is 0.221 e. The lowest BCUT2D eigenvalue weighted by atomic mass is 10.3. The molecule has 7 heteroatoms. The maximum atomic E-state index is 11.7. The molecule has 108 valence electrons. The van der Waals surface area contributed by atoms with Crippen molar-refractivity contribution in [3.63, 3.8) is 0 Å². The number of aromatic nitrogens is 4. The first-order valence-corrected chi connectivity index (χ1v) is 7.38. The van der Waals surface area contributed by atoms with E-state index in [9.17, 15) is 4.79 Å². The number of nitrogens with zero attached hydrogens (tertiary/aromatic N) is 4. The lowest BCUT2D eigenvalue weighted by molar-refractivity contribution is -0.121. The van der Waals surface area contributed by atoms with Crippen LogP contribution in [0.4, 0.5) is 0 Å². The summed E-state index contributed by atoms with van der Waals surface area (Å²) in [6.07, 6.45) is 6.87. The lowest BCUT2D eigenvalue weighted by Gasteiger charge is -2.05. The van der Waals surface area contributed by atoms with Crippen molar-refractivity contribution in [2.75, 3.05) is 6.54 Å². The van der Waals surface area contributed by atoms with Crippen LogP contribution in [-0.2, 0) is 17.9 Å². The molecular formula is C13H18BrN5O. The van der Waals surface area contributed by atoms with E-state index in [0.717, 1.165) is 23.1 Å². The van der Waals surface area contributed by atoms with Gasteiger partial charge in [0.25, 0.3) is 0 Å². The summed E-state index contributed by atoms with van der Waals surface area (Å²) in [7, 11) is 0. The predicted octanol–water partition coefficient (Wildman–Crippen LogP) is 1.75. The van der Waals surface area contributed by atoms with Gasteiger partial charge in [-0.15, -0.1) is 0 Å². The number of carbonyl (C=O) groups is 1. The molecule has 1 N–H and O–H groups in total. The van der Waals surface area contributed by atoms with Gasteiger partial charge < -0.3 is 5.32 Å². The van der Waals surface area contributed by atoms with E-state index in [1.54, 1.807) is 10.9 Å². The summed E-state index contributed by atoms with van der Waals surface area (Å²) in [6, 6.07) is 1.89. The summed E-state index contributed by atoms with van der Waals surface area (Å²) >= 11 is 3.40. The Morgan fingerprint density at radius 2 is 2.25 bits per heavy atom. The van der Waals surface area contributed by atoms with Crippen LogP contribution in [-0.4, -0.2) is 32.0 Å². The van der Waals surface area contributed by atoms with Crippen LogP contribution in [0.5, 0.6) is 0 Å². The second kappa shape index (κ2) is 7.23. The van der Waals surface area contributed by atoms with Gasteiger partial charge in [0.1, 0.15) is 0 Å². The maximum Gasteiger partial charge on any atom is 0.221 e. The minimum Gasteiger partial charge on any atom is -0.356 e. The average Bonchev–Trinajstić information content (AvgIpc) is 3.03. The van der Waals surface area contributed by atoms with Crippen LogP contribution in [0.15, 0.2) is 29.1 Å². The molecule has 0 unspecified atom stereocenters. The Bertz CT molecular complexity index is 530. The summed E-state index contributed by atoms with van der Waals surface area (Å²) < 4.78 is 4.61. The molecule has 0 atom stereocenters. The minimum absolute atomic E-state index is 0.0507. The third kappa shape index (κ3) is 4.48. The van der Waals surface area contributed by atoms with Gasteiger partial charge >= 0.3 is 0 Å². The highest BCUT2D eigenvalue weighted by Gasteiger charge is 2.04. The molecule has 2 aromatic rings. The second-order valence-corrected chi connectivity index (χ2v) is 5.40. The molecule has 0 aliphatic heterocycles. The Labute approximate surface area is 126 Å². The lowest BCUT2D eigenvalue weighted by Crippen LogP contribution is -2.26. The highest BCUT2D eigenvalue weighted by Crippen LogP contribution is 2.13. The Kier molecular flexibility index (Phi) is 5.34. The van der Waals surface area contributed by atoms with Crippen molar-refractivity contribution < 1.29 is 4.79 Å². The van der Waals surface area contributed by atoms with Crippen molar-refractivity contribution in [3.8, 4) is 0 Å². The summed E-state index contributed by atoms with van der Waals surface area (Å²) in [4.78, 5) is 11.7. The number of hydrogen-bond donors (Lipinski definition) is 1. The zero-order chi connectivity index (χ0) is 14.4. The molecule has 0 aliphatic rings. The van der Waals surface area contributed by atoms with Gasteiger partial charge in [-0.2, -0.15) is 10.2 Å². The number of amides is 1.